The zero-order chi connectivity index (χ0) is 18.3. The van der Waals surface area contributed by atoms with Crippen LogP contribution in [0.25, 0.3) is 22.2 Å². The molecule has 0 N–H and O–H groups in total. The highest BCUT2D eigenvalue weighted by molar-refractivity contribution is 5.74. The average molecular weight is 348 g/mol. The maximum Gasteiger partial charge on any atom is 0.195 e. The first-order valence-corrected chi connectivity index (χ1v) is 9.28. The van der Waals surface area contributed by atoms with Crippen molar-refractivity contribution in [2.45, 2.75) is 52.4 Å². The van der Waals surface area contributed by atoms with Crippen LogP contribution in [0.15, 0.2) is 45.2 Å². The Morgan fingerprint density at radius 1 is 0.692 bits per heavy atom. The molecule has 4 rings (SSSR count). The molecule has 0 saturated heterocycles. The highest BCUT2D eigenvalue weighted by atomic mass is 16.4. The lowest BCUT2D eigenvalue weighted by Crippen LogP contribution is -1.91. The number of oxazole rings is 2. The van der Waals surface area contributed by atoms with Crippen LogP contribution in [-0.2, 0) is 12.8 Å². The van der Waals surface area contributed by atoms with E-state index in [-0.39, 0.29) is 0 Å². The fourth-order valence-electron chi connectivity index (χ4n) is 3.13. The minimum absolute atomic E-state index is 0.482. The number of fused-ring (bicyclic) bond motifs is 2. The summed E-state index contributed by atoms with van der Waals surface area (Å²) in [6, 6.07) is 12.5. The molecule has 0 saturated carbocycles. The number of hydrogen-bond acceptors (Lipinski definition) is 4. The molecule has 4 heteroatoms. The molecule has 134 valence electrons. The van der Waals surface area contributed by atoms with Crippen LogP contribution in [0.2, 0.25) is 0 Å². The molecule has 0 amide bonds. The summed E-state index contributed by atoms with van der Waals surface area (Å²) in [5, 5.41) is 0. The van der Waals surface area contributed by atoms with Crippen LogP contribution in [0.1, 0.15) is 62.4 Å². The van der Waals surface area contributed by atoms with Crippen molar-refractivity contribution in [3.63, 3.8) is 0 Å². The van der Waals surface area contributed by atoms with E-state index in [1.807, 2.05) is 12.1 Å². The lowest BCUT2D eigenvalue weighted by atomic mass is 10.0. The van der Waals surface area contributed by atoms with Crippen LogP contribution < -0.4 is 0 Å². The van der Waals surface area contributed by atoms with E-state index in [0.717, 1.165) is 34.0 Å². The molecule has 0 aliphatic rings. The predicted molar refractivity (Wildman–Crippen MR) is 104 cm³/mol. The first-order valence-electron chi connectivity index (χ1n) is 9.28. The van der Waals surface area contributed by atoms with E-state index in [2.05, 4.69) is 61.9 Å². The van der Waals surface area contributed by atoms with Gasteiger partial charge < -0.3 is 8.83 Å². The van der Waals surface area contributed by atoms with Crippen LogP contribution in [0, 0.1) is 0 Å². The van der Waals surface area contributed by atoms with Crippen molar-refractivity contribution in [3.8, 4) is 0 Å². The summed E-state index contributed by atoms with van der Waals surface area (Å²) in [5.41, 5.74) is 6.07. The molecule has 0 aliphatic heterocycles. The van der Waals surface area contributed by atoms with Crippen molar-refractivity contribution < 1.29 is 8.83 Å². The second-order valence-electron chi connectivity index (χ2n) is 7.48. The third-order valence-electron chi connectivity index (χ3n) is 4.80. The summed E-state index contributed by atoms with van der Waals surface area (Å²) < 4.78 is 11.7. The number of hydrogen-bond donors (Lipinski definition) is 0. The molecule has 2 aromatic heterocycles. The van der Waals surface area contributed by atoms with E-state index in [1.54, 1.807) is 0 Å². The molecule has 0 spiro atoms. The third-order valence-corrected chi connectivity index (χ3v) is 4.80. The van der Waals surface area contributed by atoms with Gasteiger partial charge in [-0.05, 0) is 47.2 Å². The summed E-state index contributed by atoms with van der Waals surface area (Å²) in [5.74, 6) is 2.42. The number of benzene rings is 2. The Morgan fingerprint density at radius 3 is 1.50 bits per heavy atom. The van der Waals surface area contributed by atoms with Gasteiger partial charge in [0.05, 0.1) is 0 Å². The average Bonchev–Trinajstić information content (AvgIpc) is 3.21. The minimum atomic E-state index is 0.482. The fourth-order valence-corrected chi connectivity index (χ4v) is 3.13. The van der Waals surface area contributed by atoms with Gasteiger partial charge in [-0.25, -0.2) is 9.97 Å². The molecular weight excluding hydrogens is 324 g/mol. The van der Waals surface area contributed by atoms with Crippen LogP contribution in [-0.4, -0.2) is 9.97 Å². The van der Waals surface area contributed by atoms with E-state index in [0.29, 0.717) is 24.7 Å². The monoisotopic (exact) mass is 348 g/mol. The molecule has 0 unspecified atom stereocenters. The Balaban J connectivity index is 1.53. The Morgan fingerprint density at radius 2 is 1.12 bits per heavy atom. The second-order valence-corrected chi connectivity index (χ2v) is 7.48. The molecule has 4 aromatic rings. The van der Waals surface area contributed by atoms with Gasteiger partial charge >= 0.3 is 0 Å². The van der Waals surface area contributed by atoms with E-state index in [4.69, 9.17) is 8.83 Å². The van der Waals surface area contributed by atoms with Crippen molar-refractivity contribution in [3.05, 3.63) is 59.3 Å². The third kappa shape index (κ3) is 3.24. The van der Waals surface area contributed by atoms with Crippen molar-refractivity contribution in [1.29, 1.82) is 0 Å². The van der Waals surface area contributed by atoms with E-state index in [9.17, 15) is 0 Å². The zero-order valence-corrected chi connectivity index (χ0v) is 15.7. The van der Waals surface area contributed by atoms with Crippen molar-refractivity contribution in [1.82, 2.24) is 9.97 Å². The molecule has 0 fully saturated rings. The van der Waals surface area contributed by atoms with Crippen LogP contribution in [0.3, 0.4) is 0 Å². The Labute approximate surface area is 153 Å². The minimum Gasteiger partial charge on any atom is -0.441 e. The summed E-state index contributed by atoms with van der Waals surface area (Å²) in [4.78, 5) is 9.25. The van der Waals surface area contributed by atoms with Gasteiger partial charge in [0.25, 0.3) is 0 Å². The van der Waals surface area contributed by atoms with Crippen molar-refractivity contribution in [2.24, 2.45) is 0 Å². The number of aromatic nitrogens is 2. The normalized spacial score (nSPS) is 12.1. The van der Waals surface area contributed by atoms with E-state index >= 15 is 0 Å². The fraction of sp³-hybridized carbons (Fsp3) is 0.364. The quantitative estimate of drug-likeness (QED) is 0.444. The largest absolute Gasteiger partial charge is 0.441 e. The van der Waals surface area contributed by atoms with Gasteiger partial charge in [0.2, 0.25) is 0 Å². The summed E-state index contributed by atoms with van der Waals surface area (Å²) >= 11 is 0. The van der Waals surface area contributed by atoms with Gasteiger partial charge in [-0.1, -0.05) is 39.8 Å². The van der Waals surface area contributed by atoms with Crippen LogP contribution in [0.5, 0.6) is 0 Å². The highest BCUT2D eigenvalue weighted by Crippen LogP contribution is 2.24. The molecule has 26 heavy (non-hydrogen) atoms. The van der Waals surface area contributed by atoms with E-state index in [1.165, 1.54) is 11.1 Å². The van der Waals surface area contributed by atoms with Gasteiger partial charge in [-0.15, -0.1) is 0 Å². The molecule has 0 aliphatic carbocycles. The molecule has 4 nitrogen and oxygen atoms in total. The summed E-state index contributed by atoms with van der Waals surface area (Å²) in [7, 11) is 0. The Bertz CT molecular complexity index is 971. The second kappa shape index (κ2) is 6.60. The molecule has 0 atom stereocenters. The number of rotatable bonds is 5. The van der Waals surface area contributed by atoms with Crippen LogP contribution in [0.4, 0.5) is 0 Å². The first-order chi connectivity index (χ1) is 12.5. The van der Waals surface area contributed by atoms with Crippen LogP contribution >= 0.6 is 0 Å². The van der Waals surface area contributed by atoms with Gasteiger partial charge in [-0.3, -0.25) is 0 Å². The van der Waals surface area contributed by atoms with Gasteiger partial charge in [-0.2, -0.15) is 0 Å². The molecule has 2 aromatic carbocycles. The molecule has 0 bridgehead atoms. The maximum atomic E-state index is 5.87. The van der Waals surface area contributed by atoms with Gasteiger partial charge in [0.1, 0.15) is 11.0 Å². The first kappa shape index (κ1) is 16.8. The smallest absolute Gasteiger partial charge is 0.195 e. The summed E-state index contributed by atoms with van der Waals surface area (Å²) in [6.07, 6.45) is 1.35. The summed E-state index contributed by atoms with van der Waals surface area (Å²) in [6.45, 7) is 8.72. The standard InChI is InChI=1S/C22H24N2O2/c1-13(2)15-5-7-19-17(11-15)23-21(25-19)9-10-22-24-18-12-16(14(3)4)6-8-20(18)26-22/h5-8,11-14H,9-10H2,1-4H3. The van der Waals surface area contributed by atoms with Crippen molar-refractivity contribution >= 4 is 22.2 Å². The SMILES string of the molecule is CC(C)c1ccc2oc(CCc3nc4cc(C(C)C)ccc4o3)nc2c1. The maximum absolute atomic E-state index is 5.87. The highest BCUT2D eigenvalue weighted by Gasteiger charge is 2.12. The Hall–Kier alpha value is -2.62. The number of aryl methyl sites for hydroxylation is 2. The van der Waals surface area contributed by atoms with E-state index < -0.39 is 0 Å². The van der Waals surface area contributed by atoms with Crippen molar-refractivity contribution in [2.75, 3.05) is 0 Å². The molecule has 0 radical (unpaired) electrons. The number of nitrogens with zero attached hydrogens (tertiary/aromatic N) is 2. The molecule has 2 heterocycles. The predicted octanol–water partition coefficient (Wildman–Crippen LogP) is 6.00. The lowest BCUT2D eigenvalue weighted by molar-refractivity contribution is 0.488. The Kier molecular flexibility index (Phi) is 4.27. The zero-order valence-electron chi connectivity index (χ0n) is 15.7. The van der Waals surface area contributed by atoms with Gasteiger partial charge in [0, 0.05) is 12.8 Å². The van der Waals surface area contributed by atoms with Gasteiger partial charge in [0.15, 0.2) is 22.9 Å². The molecular formula is C22H24N2O2. The lowest BCUT2D eigenvalue weighted by Gasteiger charge is -2.02. The topological polar surface area (TPSA) is 52.1 Å².